The lowest BCUT2D eigenvalue weighted by atomic mass is 9.69. The first-order valence-electron chi connectivity index (χ1n) is 10.0. The Kier molecular flexibility index (Phi) is 4.94. The van der Waals surface area contributed by atoms with Gasteiger partial charge in [0, 0.05) is 5.54 Å². The van der Waals surface area contributed by atoms with Crippen molar-refractivity contribution in [2.75, 3.05) is 0 Å². The first kappa shape index (κ1) is 18.7. The van der Waals surface area contributed by atoms with Crippen LogP contribution in [0.2, 0.25) is 0 Å². The molecule has 5 nitrogen and oxygen atoms in total. The van der Waals surface area contributed by atoms with Gasteiger partial charge < -0.3 is 5.11 Å². The molecule has 4 rings (SSSR count). The number of aromatic hydroxyl groups is 1. The summed E-state index contributed by atoms with van der Waals surface area (Å²) in [7, 11) is 0. The second-order valence-corrected chi connectivity index (χ2v) is 8.22. The molecule has 3 N–H and O–H groups in total. The fourth-order valence-electron chi connectivity index (χ4n) is 4.72. The van der Waals surface area contributed by atoms with Crippen LogP contribution in [0.5, 0.6) is 5.75 Å². The van der Waals surface area contributed by atoms with Gasteiger partial charge >= 0.3 is 0 Å². The molecule has 28 heavy (non-hydrogen) atoms. The third kappa shape index (κ3) is 3.54. The van der Waals surface area contributed by atoms with Gasteiger partial charge in [-0.3, -0.25) is 10.1 Å². The number of benzene rings is 2. The summed E-state index contributed by atoms with van der Waals surface area (Å²) in [6.07, 6.45) is 8.43. The minimum absolute atomic E-state index is 0.0145. The van der Waals surface area contributed by atoms with Crippen LogP contribution in [0.25, 0.3) is 0 Å². The molecule has 0 bridgehead atoms. The largest absolute Gasteiger partial charge is 0.508 e. The molecule has 1 heterocycles. The predicted molar refractivity (Wildman–Crippen MR) is 110 cm³/mol. The van der Waals surface area contributed by atoms with Crippen LogP contribution in [0.3, 0.4) is 0 Å². The van der Waals surface area contributed by atoms with Crippen LogP contribution in [0, 0.1) is 0 Å². The molecule has 5 heteroatoms. The zero-order valence-corrected chi connectivity index (χ0v) is 16.2. The molecule has 2 aromatic carbocycles. The number of carbonyl (C=O) groups is 1. The van der Waals surface area contributed by atoms with Crippen molar-refractivity contribution in [1.82, 2.24) is 10.7 Å². The number of phenolic OH excluding ortho intramolecular Hbond substituents is 1. The highest BCUT2D eigenvalue weighted by Gasteiger charge is 2.48. The van der Waals surface area contributed by atoms with E-state index in [1.165, 1.54) is 24.8 Å². The van der Waals surface area contributed by atoms with Gasteiger partial charge in [0.05, 0.1) is 6.21 Å². The Bertz CT molecular complexity index is 885. The average molecular weight is 377 g/mol. The van der Waals surface area contributed by atoms with Gasteiger partial charge in [-0.05, 0) is 67.1 Å². The summed E-state index contributed by atoms with van der Waals surface area (Å²) in [4.78, 5) is 13.2. The number of hydrogen-bond donors (Lipinski definition) is 3. The van der Waals surface area contributed by atoms with E-state index in [1.54, 1.807) is 30.5 Å². The summed E-state index contributed by atoms with van der Waals surface area (Å²) >= 11 is 0. The number of nitrogens with zero attached hydrogens (tertiary/aromatic N) is 1. The summed E-state index contributed by atoms with van der Waals surface area (Å²) in [5.41, 5.74) is 4.98. The second kappa shape index (κ2) is 7.40. The number of hydrogen-bond acceptors (Lipinski definition) is 4. The molecular formula is C23H27N3O2. The van der Waals surface area contributed by atoms with Crippen LogP contribution < -0.4 is 10.7 Å². The Balaban J connectivity index is 1.58. The number of phenols is 1. The average Bonchev–Trinajstić information content (AvgIpc) is 2.70. The summed E-state index contributed by atoms with van der Waals surface area (Å²) in [5, 5.41) is 17.3. The second-order valence-electron chi connectivity index (χ2n) is 8.22. The van der Waals surface area contributed by atoms with E-state index >= 15 is 0 Å². The highest BCUT2D eigenvalue weighted by molar-refractivity contribution is 5.89. The molecule has 1 spiro atoms. The van der Waals surface area contributed by atoms with E-state index in [9.17, 15) is 9.90 Å². The molecule has 1 fully saturated rings. The fraction of sp³-hybridized carbons (Fsp3) is 0.391. The zero-order valence-electron chi connectivity index (χ0n) is 16.2. The summed E-state index contributed by atoms with van der Waals surface area (Å²) in [6, 6.07) is 14.9. The summed E-state index contributed by atoms with van der Waals surface area (Å²) < 4.78 is 0. The van der Waals surface area contributed by atoms with Crippen molar-refractivity contribution < 1.29 is 9.90 Å². The van der Waals surface area contributed by atoms with E-state index in [-0.39, 0.29) is 17.2 Å². The van der Waals surface area contributed by atoms with Crippen LogP contribution in [-0.2, 0) is 16.8 Å². The highest BCUT2D eigenvalue weighted by Crippen LogP contribution is 2.41. The van der Waals surface area contributed by atoms with Gasteiger partial charge in [0.15, 0.2) is 0 Å². The smallest absolute Gasteiger partial charge is 0.264 e. The molecule has 0 unspecified atom stereocenters. The SMILES string of the molecule is C[C@@]1(C(=O)N/N=C\c2ccc(O)cc2)NC2(CCCCC2)Cc2ccccc21. The maximum absolute atomic E-state index is 13.2. The molecule has 0 aromatic heterocycles. The van der Waals surface area contributed by atoms with Crippen molar-refractivity contribution in [3.05, 3.63) is 65.2 Å². The van der Waals surface area contributed by atoms with Gasteiger partial charge in [0.1, 0.15) is 11.3 Å². The predicted octanol–water partition coefficient (Wildman–Crippen LogP) is 3.61. The monoisotopic (exact) mass is 377 g/mol. The normalized spacial score (nSPS) is 23.5. The third-order valence-corrected chi connectivity index (χ3v) is 6.14. The molecule has 1 atom stereocenters. The van der Waals surface area contributed by atoms with E-state index in [2.05, 4.69) is 28.0 Å². The molecule has 1 aliphatic heterocycles. The van der Waals surface area contributed by atoms with Crippen LogP contribution in [0.15, 0.2) is 53.6 Å². The molecule has 0 saturated heterocycles. The maximum atomic E-state index is 13.2. The number of amides is 1. The minimum atomic E-state index is -0.821. The fourth-order valence-corrected chi connectivity index (χ4v) is 4.72. The number of fused-ring (bicyclic) bond motifs is 1. The van der Waals surface area contributed by atoms with Crippen molar-refractivity contribution in [1.29, 1.82) is 0 Å². The summed E-state index contributed by atoms with van der Waals surface area (Å²) in [5.74, 6) is 0.0501. The quantitative estimate of drug-likeness (QED) is 0.565. The number of carbonyl (C=O) groups excluding carboxylic acids is 1. The molecule has 2 aromatic rings. The van der Waals surface area contributed by atoms with Crippen LogP contribution in [-0.4, -0.2) is 22.8 Å². The van der Waals surface area contributed by atoms with E-state index < -0.39 is 5.54 Å². The number of rotatable bonds is 3. The first-order chi connectivity index (χ1) is 13.5. The topological polar surface area (TPSA) is 73.7 Å². The lowest BCUT2D eigenvalue weighted by Gasteiger charge is -2.49. The van der Waals surface area contributed by atoms with Crippen molar-refractivity contribution in [3.63, 3.8) is 0 Å². The van der Waals surface area contributed by atoms with Crippen molar-refractivity contribution in [3.8, 4) is 5.75 Å². The van der Waals surface area contributed by atoms with Gasteiger partial charge in [-0.15, -0.1) is 0 Å². The molecular weight excluding hydrogens is 350 g/mol. The van der Waals surface area contributed by atoms with Gasteiger partial charge in [-0.25, -0.2) is 5.43 Å². The van der Waals surface area contributed by atoms with Gasteiger partial charge in [-0.1, -0.05) is 43.5 Å². The highest BCUT2D eigenvalue weighted by atomic mass is 16.3. The van der Waals surface area contributed by atoms with E-state index in [1.807, 2.05) is 19.1 Å². The molecule has 1 aliphatic carbocycles. The zero-order chi connectivity index (χ0) is 19.6. The minimum Gasteiger partial charge on any atom is -0.508 e. The Morgan fingerprint density at radius 1 is 1.11 bits per heavy atom. The molecule has 2 aliphatic rings. The molecule has 1 saturated carbocycles. The lowest BCUT2D eigenvalue weighted by molar-refractivity contribution is -0.129. The Labute approximate surface area is 165 Å². The molecule has 146 valence electrons. The Morgan fingerprint density at radius 2 is 1.82 bits per heavy atom. The van der Waals surface area contributed by atoms with Crippen LogP contribution >= 0.6 is 0 Å². The van der Waals surface area contributed by atoms with Crippen molar-refractivity contribution in [2.45, 2.75) is 56.5 Å². The van der Waals surface area contributed by atoms with E-state index in [0.717, 1.165) is 30.4 Å². The lowest BCUT2D eigenvalue weighted by Crippen LogP contribution is -2.65. The van der Waals surface area contributed by atoms with Crippen LogP contribution in [0.4, 0.5) is 0 Å². The number of hydrazone groups is 1. The number of nitrogens with one attached hydrogen (secondary N) is 2. The summed E-state index contributed by atoms with van der Waals surface area (Å²) in [6.45, 7) is 1.97. The molecule has 1 amide bonds. The van der Waals surface area contributed by atoms with Crippen molar-refractivity contribution >= 4 is 12.1 Å². The standard InChI is InChI=1S/C23H27N3O2/c1-22(21(28)25-24-16-17-9-11-19(27)12-10-17)20-8-4-3-7-18(20)15-23(26-22)13-5-2-6-14-23/h3-4,7-12,16,26-27H,2,5-6,13-15H2,1H3,(H,25,28)/b24-16-/t22-/m1/s1. The first-order valence-corrected chi connectivity index (χ1v) is 10.0. The van der Waals surface area contributed by atoms with Gasteiger partial charge in [0.2, 0.25) is 0 Å². The van der Waals surface area contributed by atoms with Gasteiger partial charge in [-0.2, -0.15) is 5.10 Å². The van der Waals surface area contributed by atoms with Crippen LogP contribution in [0.1, 0.15) is 55.7 Å². The maximum Gasteiger partial charge on any atom is 0.264 e. The van der Waals surface area contributed by atoms with Gasteiger partial charge in [0.25, 0.3) is 5.91 Å². The third-order valence-electron chi connectivity index (χ3n) is 6.14. The Hall–Kier alpha value is -2.66. The van der Waals surface area contributed by atoms with Crippen molar-refractivity contribution in [2.24, 2.45) is 5.10 Å². The van der Waals surface area contributed by atoms with E-state index in [4.69, 9.17) is 0 Å². The Morgan fingerprint density at radius 3 is 2.57 bits per heavy atom. The van der Waals surface area contributed by atoms with E-state index in [0.29, 0.717) is 0 Å². The molecule has 0 radical (unpaired) electrons.